The van der Waals surface area contributed by atoms with Gasteiger partial charge in [-0.05, 0) is 24.6 Å². The average molecular weight is 382 g/mol. The number of benzene rings is 1. The third-order valence-corrected chi connectivity index (χ3v) is 4.63. The summed E-state index contributed by atoms with van der Waals surface area (Å²) in [6.07, 6.45) is 0.444. The fourth-order valence-electron chi connectivity index (χ4n) is 2.58. The molecule has 0 saturated heterocycles. The first kappa shape index (κ1) is 17.0. The second kappa shape index (κ2) is 6.58. The molecule has 24 heavy (non-hydrogen) atoms. The van der Waals surface area contributed by atoms with Crippen molar-refractivity contribution < 1.29 is 5.11 Å². The largest absolute Gasteiger partial charge is 0.390 e. The summed E-state index contributed by atoms with van der Waals surface area (Å²) in [6.45, 7) is 1.53. The van der Waals surface area contributed by atoms with Gasteiger partial charge in [0.05, 0.1) is 12.3 Å². The molecule has 0 unspecified atom stereocenters. The number of aliphatic hydroxyl groups is 1. The maximum absolute atomic E-state index is 9.84. The minimum atomic E-state index is -0.275. The molecule has 0 aliphatic carbocycles. The van der Waals surface area contributed by atoms with Gasteiger partial charge in [-0.3, -0.25) is 0 Å². The molecule has 1 N–H and O–H groups in total. The van der Waals surface area contributed by atoms with Crippen molar-refractivity contribution in [2.45, 2.75) is 20.0 Å². The highest BCUT2D eigenvalue weighted by atomic mass is 35.5. The Morgan fingerprint density at radius 2 is 2.04 bits per heavy atom. The van der Waals surface area contributed by atoms with Gasteiger partial charge in [-0.15, -0.1) is 0 Å². The van der Waals surface area contributed by atoms with Crippen molar-refractivity contribution >= 4 is 40.4 Å². The van der Waals surface area contributed by atoms with E-state index in [1.165, 1.54) is 4.52 Å². The number of aliphatic hydroxyl groups excluding tert-OH is 1. The van der Waals surface area contributed by atoms with Crippen LogP contribution in [0.3, 0.4) is 0 Å². The van der Waals surface area contributed by atoms with Gasteiger partial charge < -0.3 is 5.11 Å². The van der Waals surface area contributed by atoms with Crippen molar-refractivity contribution in [3.63, 3.8) is 0 Å². The van der Waals surface area contributed by atoms with Crippen LogP contribution in [-0.4, -0.2) is 19.7 Å². The molecule has 8 heteroatoms. The van der Waals surface area contributed by atoms with E-state index in [0.717, 1.165) is 11.1 Å². The van der Waals surface area contributed by atoms with Gasteiger partial charge in [0.2, 0.25) is 0 Å². The quantitative estimate of drug-likeness (QED) is 0.745. The predicted octanol–water partition coefficient (Wildman–Crippen LogP) is 3.95. The van der Waals surface area contributed by atoms with Gasteiger partial charge in [0.15, 0.2) is 10.8 Å². The van der Waals surface area contributed by atoms with Gasteiger partial charge in [0.25, 0.3) is 0 Å². The van der Waals surface area contributed by atoms with E-state index in [2.05, 4.69) is 10.1 Å². The second-order valence-electron chi connectivity index (χ2n) is 5.21. The summed E-state index contributed by atoms with van der Waals surface area (Å²) < 4.78 is 1.41. The van der Waals surface area contributed by atoms with Crippen molar-refractivity contribution in [1.29, 1.82) is 5.26 Å². The Bertz CT molecular complexity index is 991. The number of aromatic nitrogens is 3. The third-order valence-electron chi connectivity index (χ3n) is 3.78. The van der Waals surface area contributed by atoms with Crippen LogP contribution in [0.5, 0.6) is 0 Å². The first-order valence-corrected chi connectivity index (χ1v) is 8.11. The van der Waals surface area contributed by atoms with Crippen LogP contribution in [-0.2, 0) is 13.0 Å². The minimum Gasteiger partial charge on any atom is -0.390 e. The zero-order chi connectivity index (χ0) is 17.4. The topological polar surface area (TPSA) is 74.2 Å². The Morgan fingerprint density at radius 1 is 1.29 bits per heavy atom. The second-order valence-corrected chi connectivity index (χ2v) is 6.41. The summed E-state index contributed by atoms with van der Waals surface area (Å²) in [5.74, 6) is 0. The molecule has 0 saturated carbocycles. The Hall–Kier alpha value is -1.84. The van der Waals surface area contributed by atoms with Gasteiger partial charge in [0.1, 0.15) is 11.6 Å². The number of fused-ring (bicyclic) bond motifs is 1. The van der Waals surface area contributed by atoms with Crippen molar-refractivity contribution in [3.8, 4) is 6.07 Å². The number of hydrogen-bond donors (Lipinski definition) is 1. The van der Waals surface area contributed by atoms with Crippen LogP contribution in [0.1, 0.15) is 28.1 Å². The molecular formula is C16H11Cl3N4O. The van der Waals surface area contributed by atoms with Crippen LogP contribution in [0.2, 0.25) is 15.2 Å². The number of halogens is 3. The summed E-state index contributed by atoms with van der Waals surface area (Å²) in [5.41, 5.74) is 3.33. The van der Waals surface area contributed by atoms with Crippen LogP contribution in [0.15, 0.2) is 18.2 Å². The van der Waals surface area contributed by atoms with Gasteiger partial charge in [-0.2, -0.15) is 10.4 Å². The Labute approximate surface area is 153 Å². The Kier molecular flexibility index (Phi) is 4.66. The van der Waals surface area contributed by atoms with Crippen LogP contribution in [0.25, 0.3) is 5.65 Å². The lowest BCUT2D eigenvalue weighted by Gasteiger charge is -2.13. The maximum Gasteiger partial charge on any atom is 0.175 e. The van der Waals surface area contributed by atoms with E-state index in [-0.39, 0.29) is 17.3 Å². The highest BCUT2D eigenvalue weighted by Gasteiger charge is 2.20. The van der Waals surface area contributed by atoms with E-state index in [9.17, 15) is 10.4 Å². The van der Waals surface area contributed by atoms with E-state index in [1.54, 1.807) is 19.1 Å². The summed E-state index contributed by atoms with van der Waals surface area (Å²) in [7, 11) is 0. The first-order valence-electron chi connectivity index (χ1n) is 6.97. The smallest absolute Gasteiger partial charge is 0.175 e. The molecule has 0 radical (unpaired) electrons. The Balaban J connectivity index is 2.21. The predicted molar refractivity (Wildman–Crippen MR) is 92.6 cm³/mol. The Morgan fingerprint density at radius 3 is 2.67 bits per heavy atom. The van der Waals surface area contributed by atoms with Crippen LogP contribution >= 0.6 is 34.8 Å². The molecule has 0 aliphatic rings. The van der Waals surface area contributed by atoms with Gasteiger partial charge in [-0.1, -0.05) is 40.9 Å². The van der Waals surface area contributed by atoms with Crippen molar-refractivity contribution in [2.75, 3.05) is 0 Å². The lowest BCUT2D eigenvalue weighted by molar-refractivity contribution is 0.272. The minimum absolute atomic E-state index is 0.0563. The number of nitriles is 1. The molecule has 0 spiro atoms. The molecule has 0 amide bonds. The monoisotopic (exact) mass is 380 g/mol. The molecule has 2 heterocycles. The summed E-state index contributed by atoms with van der Waals surface area (Å²) >= 11 is 18.2. The van der Waals surface area contributed by atoms with E-state index in [4.69, 9.17) is 34.8 Å². The summed E-state index contributed by atoms with van der Waals surface area (Å²) in [5, 5.41) is 24.3. The molecule has 5 nitrogen and oxygen atoms in total. The van der Waals surface area contributed by atoms with Crippen LogP contribution < -0.4 is 0 Å². The normalized spacial score (nSPS) is 11.0. The molecule has 0 atom stereocenters. The average Bonchev–Trinajstić information content (AvgIpc) is 2.85. The number of hydrogen-bond acceptors (Lipinski definition) is 4. The number of aryl methyl sites for hydroxylation is 1. The summed E-state index contributed by atoms with van der Waals surface area (Å²) in [4.78, 5) is 4.43. The highest BCUT2D eigenvalue weighted by molar-refractivity contribution is 6.35. The van der Waals surface area contributed by atoms with E-state index < -0.39 is 0 Å². The molecule has 2 aromatic heterocycles. The molecule has 0 bridgehead atoms. The first-order chi connectivity index (χ1) is 11.5. The third kappa shape index (κ3) is 2.83. The molecular weight excluding hydrogens is 371 g/mol. The molecule has 0 aliphatic heterocycles. The number of rotatable bonds is 3. The molecule has 3 aromatic rings. The summed E-state index contributed by atoms with van der Waals surface area (Å²) in [6, 6.07) is 7.23. The van der Waals surface area contributed by atoms with E-state index in [1.807, 2.05) is 12.1 Å². The highest BCUT2D eigenvalue weighted by Crippen LogP contribution is 2.28. The molecule has 1 aromatic carbocycles. The van der Waals surface area contributed by atoms with E-state index >= 15 is 0 Å². The zero-order valence-electron chi connectivity index (χ0n) is 12.5. The standard InChI is InChI=1S/C16H11Cl3N4O/c1-8-11(4-9-2-3-10(17)5-13(9)18)14(7-24)23-16(21-8)12(6-20)15(19)22-23/h2-3,5,24H,4,7H2,1H3. The van der Waals surface area contributed by atoms with Gasteiger partial charge in [-0.25, -0.2) is 9.50 Å². The van der Waals surface area contributed by atoms with E-state index in [0.29, 0.717) is 33.5 Å². The fourth-order valence-corrected chi connectivity index (χ4v) is 3.26. The lowest BCUT2D eigenvalue weighted by atomic mass is 10.0. The number of nitrogens with zero attached hydrogens (tertiary/aromatic N) is 4. The lowest BCUT2D eigenvalue weighted by Crippen LogP contribution is -2.10. The van der Waals surface area contributed by atoms with Crippen molar-refractivity contribution in [3.05, 3.63) is 61.5 Å². The van der Waals surface area contributed by atoms with Gasteiger partial charge >= 0.3 is 0 Å². The van der Waals surface area contributed by atoms with Crippen LogP contribution in [0.4, 0.5) is 0 Å². The zero-order valence-corrected chi connectivity index (χ0v) is 14.8. The van der Waals surface area contributed by atoms with Crippen molar-refractivity contribution in [1.82, 2.24) is 14.6 Å². The molecule has 0 fully saturated rings. The molecule has 3 rings (SSSR count). The molecule has 122 valence electrons. The van der Waals surface area contributed by atoms with Gasteiger partial charge in [0, 0.05) is 27.7 Å². The fraction of sp³-hybridized carbons (Fsp3) is 0.188. The maximum atomic E-state index is 9.84. The SMILES string of the molecule is Cc1nc2c(C#N)c(Cl)nn2c(CO)c1Cc1ccc(Cl)cc1Cl. The van der Waals surface area contributed by atoms with Crippen molar-refractivity contribution in [2.24, 2.45) is 0 Å². The van der Waals surface area contributed by atoms with Crippen LogP contribution in [0, 0.1) is 18.3 Å².